The largest absolute Gasteiger partial charge is 0.494 e. The number of hydrogen-bond donors (Lipinski definition) is 1. The van der Waals surface area contributed by atoms with Crippen molar-refractivity contribution in [2.24, 2.45) is 0 Å². The minimum atomic E-state index is -3.82. The Labute approximate surface area is 231 Å². The zero-order valence-corrected chi connectivity index (χ0v) is 23.8. The van der Waals surface area contributed by atoms with Crippen LogP contribution in [0.4, 0.5) is 5.69 Å². The number of benzene rings is 3. The number of rotatable bonds is 13. The van der Waals surface area contributed by atoms with Crippen LogP contribution >= 0.6 is 0 Å². The molecule has 0 aliphatic rings. The Morgan fingerprint density at radius 2 is 1.54 bits per heavy atom. The first-order valence-electron chi connectivity index (χ1n) is 13.0. The lowest BCUT2D eigenvalue weighted by Gasteiger charge is -2.33. The molecule has 1 N–H and O–H groups in total. The maximum atomic E-state index is 14.0. The number of ether oxygens (including phenoxy) is 1. The molecular formula is C30H37N3O5S. The van der Waals surface area contributed by atoms with Crippen LogP contribution < -0.4 is 14.4 Å². The van der Waals surface area contributed by atoms with Gasteiger partial charge in [-0.2, -0.15) is 0 Å². The van der Waals surface area contributed by atoms with Crippen LogP contribution in [0.3, 0.4) is 0 Å². The van der Waals surface area contributed by atoms with E-state index in [-0.39, 0.29) is 18.9 Å². The van der Waals surface area contributed by atoms with Crippen molar-refractivity contribution in [3.05, 3.63) is 95.6 Å². The number of aryl methyl sites for hydroxylation is 1. The smallest absolute Gasteiger partial charge is 0.244 e. The van der Waals surface area contributed by atoms with Gasteiger partial charge in [0.15, 0.2) is 0 Å². The van der Waals surface area contributed by atoms with Crippen LogP contribution in [0.2, 0.25) is 0 Å². The van der Waals surface area contributed by atoms with E-state index >= 15 is 0 Å². The van der Waals surface area contributed by atoms with Gasteiger partial charge >= 0.3 is 0 Å². The molecule has 9 heteroatoms. The number of nitrogens with one attached hydrogen (secondary N) is 1. The number of carbonyl (C=O) groups excluding carboxylic acids is 2. The number of amides is 2. The number of carbonyl (C=O) groups is 2. The first kappa shape index (κ1) is 29.7. The Kier molecular flexibility index (Phi) is 10.5. The average molecular weight is 552 g/mol. The normalized spacial score (nSPS) is 11.9. The fourth-order valence-electron chi connectivity index (χ4n) is 4.23. The third-order valence-electron chi connectivity index (χ3n) is 6.21. The van der Waals surface area contributed by atoms with Gasteiger partial charge in [-0.15, -0.1) is 0 Å². The predicted octanol–water partition coefficient (Wildman–Crippen LogP) is 3.94. The summed E-state index contributed by atoms with van der Waals surface area (Å²) in [6, 6.07) is 22.9. The van der Waals surface area contributed by atoms with Crippen LogP contribution in [0.15, 0.2) is 78.9 Å². The summed E-state index contributed by atoms with van der Waals surface area (Å²) in [6.45, 7) is 6.22. The average Bonchev–Trinajstić information content (AvgIpc) is 2.91. The summed E-state index contributed by atoms with van der Waals surface area (Å²) >= 11 is 0. The van der Waals surface area contributed by atoms with Gasteiger partial charge in [-0.25, -0.2) is 8.42 Å². The van der Waals surface area contributed by atoms with Crippen molar-refractivity contribution in [3.8, 4) is 5.75 Å². The Hall–Kier alpha value is -3.85. The van der Waals surface area contributed by atoms with Crippen molar-refractivity contribution < 1.29 is 22.7 Å². The highest BCUT2D eigenvalue weighted by Gasteiger charge is 2.32. The second kappa shape index (κ2) is 13.8. The van der Waals surface area contributed by atoms with E-state index < -0.39 is 28.5 Å². The summed E-state index contributed by atoms with van der Waals surface area (Å²) in [4.78, 5) is 28.8. The van der Waals surface area contributed by atoms with Crippen LogP contribution in [0.1, 0.15) is 30.5 Å². The molecule has 0 aliphatic heterocycles. The van der Waals surface area contributed by atoms with E-state index in [0.29, 0.717) is 24.6 Å². The molecule has 3 aromatic rings. The van der Waals surface area contributed by atoms with E-state index in [1.54, 1.807) is 24.3 Å². The monoisotopic (exact) mass is 551 g/mol. The molecule has 0 bridgehead atoms. The molecule has 0 fully saturated rings. The van der Waals surface area contributed by atoms with E-state index in [1.165, 1.54) is 4.90 Å². The van der Waals surface area contributed by atoms with Gasteiger partial charge < -0.3 is 15.0 Å². The third kappa shape index (κ3) is 8.58. The molecule has 0 aromatic heterocycles. The standard InChI is InChI=1S/C30H37N3O5S/c1-5-31-30(35)28(20-24-10-8-7-9-11-24)32(21-25-14-12-23(3)13-15-25)29(34)22-33(39(4,36)37)26-16-18-27(19-17-26)38-6-2/h7-19,28H,5-6,20-22H2,1-4H3,(H,31,35)/t28-/m1/s1. The van der Waals surface area contributed by atoms with Gasteiger partial charge in [-0.1, -0.05) is 60.2 Å². The van der Waals surface area contributed by atoms with E-state index in [1.807, 2.05) is 75.4 Å². The molecule has 0 saturated carbocycles. The Balaban J connectivity index is 2.00. The van der Waals surface area contributed by atoms with Crippen molar-refractivity contribution in [2.45, 2.75) is 39.8 Å². The van der Waals surface area contributed by atoms with Crippen LogP contribution in [-0.2, 0) is 32.6 Å². The van der Waals surface area contributed by atoms with E-state index in [9.17, 15) is 18.0 Å². The van der Waals surface area contributed by atoms with Crippen LogP contribution in [0, 0.1) is 6.92 Å². The molecule has 1 atom stereocenters. The van der Waals surface area contributed by atoms with E-state index in [2.05, 4.69) is 5.32 Å². The Morgan fingerprint density at radius 1 is 0.897 bits per heavy atom. The van der Waals surface area contributed by atoms with Crippen LogP contribution in [0.5, 0.6) is 5.75 Å². The molecule has 0 saturated heterocycles. The Bertz CT molecular complexity index is 1330. The van der Waals surface area contributed by atoms with Gasteiger partial charge in [-0.05, 0) is 56.2 Å². The summed E-state index contributed by atoms with van der Waals surface area (Å²) in [6.07, 6.45) is 1.35. The molecule has 0 spiro atoms. The van der Waals surface area contributed by atoms with Gasteiger partial charge in [0.2, 0.25) is 21.8 Å². The quantitative estimate of drug-likeness (QED) is 0.347. The number of hydrogen-bond acceptors (Lipinski definition) is 5. The number of likely N-dealkylation sites (N-methyl/N-ethyl adjacent to an activating group) is 1. The Morgan fingerprint density at radius 3 is 2.10 bits per heavy atom. The van der Waals surface area contributed by atoms with Gasteiger partial charge in [0, 0.05) is 19.5 Å². The molecule has 3 rings (SSSR count). The first-order chi connectivity index (χ1) is 18.6. The highest BCUT2D eigenvalue weighted by molar-refractivity contribution is 7.92. The van der Waals surface area contributed by atoms with Gasteiger partial charge in [0.05, 0.1) is 18.6 Å². The lowest BCUT2D eigenvalue weighted by Crippen LogP contribution is -2.53. The van der Waals surface area contributed by atoms with Gasteiger partial charge in [0.25, 0.3) is 0 Å². The summed E-state index contributed by atoms with van der Waals surface area (Å²) in [5.74, 6) is -0.183. The summed E-state index contributed by atoms with van der Waals surface area (Å²) in [5, 5.41) is 2.85. The first-order valence-corrected chi connectivity index (χ1v) is 14.8. The number of sulfonamides is 1. The molecule has 2 amide bonds. The predicted molar refractivity (Wildman–Crippen MR) is 154 cm³/mol. The zero-order chi connectivity index (χ0) is 28.4. The summed E-state index contributed by atoms with van der Waals surface area (Å²) in [7, 11) is -3.82. The zero-order valence-electron chi connectivity index (χ0n) is 23.0. The number of anilines is 1. The minimum Gasteiger partial charge on any atom is -0.494 e. The van der Waals surface area contributed by atoms with E-state index in [0.717, 1.165) is 27.3 Å². The molecule has 0 unspecified atom stereocenters. The van der Waals surface area contributed by atoms with Crippen molar-refractivity contribution in [3.63, 3.8) is 0 Å². The third-order valence-corrected chi connectivity index (χ3v) is 7.35. The van der Waals surface area contributed by atoms with Crippen molar-refractivity contribution in [1.82, 2.24) is 10.2 Å². The van der Waals surface area contributed by atoms with Gasteiger partial charge in [-0.3, -0.25) is 13.9 Å². The molecule has 8 nitrogen and oxygen atoms in total. The van der Waals surface area contributed by atoms with Crippen LogP contribution in [-0.4, -0.2) is 57.1 Å². The fraction of sp³-hybridized carbons (Fsp3) is 0.333. The molecule has 3 aromatic carbocycles. The van der Waals surface area contributed by atoms with Crippen molar-refractivity contribution in [2.75, 3.05) is 30.3 Å². The molecule has 0 aliphatic carbocycles. The van der Waals surface area contributed by atoms with Gasteiger partial charge in [0.1, 0.15) is 18.3 Å². The second-order valence-electron chi connectivity index (χ2n) is 9.30. The highest BCUT2D eigenvalue weighted by Crippen LogP contribution is 2.23. The molecule has 39 heavy (non-hydrogen) atoms. The summed E-state index contributed by atoms with van der Waals surface area (Å²) < 4.78 is 32.2. The molecule has 0 heterocycles. The van der Waals surface area contributed by atoms with Crippen molar-refractivity contribution >= 4 is 27.5 Å². The fourth-order valence-corrected chi connectivity index (χ4v) is 5.07. The second-order valence-corrected chi connectivity index (χ2v) is 11.2. The van der Waals surface area contributed by atoms with Crippen molar-refractivity contribution in [1.29, 1.82) is 0 Å². The molecular weight excluding hydrogens is 514 g/mol. The molecule has 0 radical (unpaired) electrons. The number of nitrogens with zero attached hydrogens (tertiary/aromatic N) is 2. The summed E-state index contributed by atoms with van der Waals surface area (Å²) in [5.41, 5.74) is 3.13. The van der Waals surface area contributed by atoms with Crippen LogP contribution in [0.25, 0.3) is 0 Å². The van der Waals surface area contributed by atoms with E-state index in [4.69, 9.17) is 4.74 Å². The topological polar surface area (TPSA) is 96.0 Å². The maximum absolute atomic E-state index is 14.0. The molecule has 208 valence electrons. The minimum absolute atomic E-state index is 0.147. The lowest BCUT2D eigenvalue weighted by atomic mass is 10.0. The SMILES string of the molecule is CCNC(=O)[C@@H](Cc1ccccc1)N(Cc1ccc(C)cc1)C(=O)CN(c1ccc(OCC)cc1)S(C)(=O)=O. The maximum Gasteiger partial charge on any atom is 0.244 e. The lowest BCUT2D eigenvalue weighted by molar-refractivity contribution is -0.140. The highest BCUT2D eigenvalue weighted by atomic mass is 32.2.